The van der Waals surface area contributed by atoms with E-state index < -0.39 is 0 Å². The molecule has 14 heavy (non-hydrogen) atoms. The predicted octanol–water partition coefficient (Wildman–Crippen LogP) is 3.06. The van der Waals surface area contributed by atoms with Crippen molar-refractivity contribution < 1.29 is 4.39 Å². The van der Waals surface area contributed by atoms with Crippen LogP contribution in [-0.4, -0.2) is 12.3 Å². The summed E-state index contributed by atoms with van der Waals surface area (Å²) >= 11 is 7.52. The summed E-state index contributed by atoms with van der Waals surface area (Å²) in [5.41, 5.74) is 6.22. The van der Waals surface area contributed by atoms with Gasteiger partial charge in [-0.25, -0.2) is 4.39 Å². The lowest BCUT2D eigenvalue weighted by Crippen LogP contribution is -1.99. The second-order valence-corrected chi connectivity index (χ2v) is 4.39. The van der Waals surface area contributed by atoms with Crippen molar-refractivity contribution in [2.24, 2.45) is 5.73 Å². The molecular weight excluding hydrogens is 221 g/mol. The van der Waals surface area contributed by atoms with Gasteiger partial charge in [0.15, 0.2) is 0 Å². The van der Waals surface area contributed by atoms with Gasteiger partial charge in [-0.15, -0.1) is 0 Å². The maximum atomic E-state index is 13.0. The van der Waals surface area contributed by atoms with Crippen LogP contribution in [0.5, 0.6) is 0 Å². The molecule has 0 aliphatic carbocycles. The number of nitrogens with two attached hydrogens (primary N) is 1. The maximum absolute atomic E-state index is 13.0. The van der Waals surface area contributed by atoms with Crippen molar-refractivity contribution in [2.45, 2.75) is 12.2 Å². The van der Waals surface area contributed by atoms with Crippen LogP contribution in [0.25, 0.3) is 0 Å². The Morgan fingerprint density at radius 3 is 2.93 bits per heavy atom. The molecule has 0 saturated heterocycles. The van der Waals surface area contributed by atoms with Gasteiger partial charge in [0.25, 0.3) is 0 Å². The molecule has 0 unspecified atom stereocenters. The smallest absolute Gasteiger partial charge is 0.142 e. The van der Waals surface area contributed by atoms with E-state index in [0.717, 1.165) is 23.5 Å². The van der Waals surface area contributed by atoms with Crippen LogP contribution >= 0.6 is 23.4 Å². The summed E-state index contributed by atoms with van der Waals surface area (Å²) < 4.78 is 13.0. The molecule has 0 heterocycles. The van der Waals surface area contributed by atoms with Gasteiger partial charge in [-0.1, -0.05) is 23.7 Å². The Morgan fingerprint density at radius 2 is 2.21 bits per heavy atom. The molecule has 0 spiro atoms. The van der Waals surface area contributed by atoms with E-state index in [-0.39, 0.29) is 10.8 Å². The van der Waals surface area contributed by atoms with Gasteiger partial charge in [0.05, 0.1) is 5.02 Å². The first kappa shape index (κ1) is 11.8. The normalized spacial score (nSPS) is 10.5. The van der Waals surface area contributed by atoms with Gasteiger partial charge in [-0.05, 0) is 30.3 Å². The zero-order valence-corrected chi connectivity index (χ0v) is 9.37. The SMILES string of the molecule is NCCCSCc1cccc(F)c1Cl. The quantitative estimate of drug-likeness (QED) is 0.792. The Labute approximate surface area is 92.8 Å². The number of hydrogen-bond acceptors (Lipinski definition) is 2. The first-order valence-electron chi connectivity index (χ1n) is 4.46. The monoisotopic (exact) mass is 233 g/mol. The molecule has 0 radical (unpaired) electrons. The predicted molar refractivity (Wildman–Crippen MR) is 61.2 cm³/mol. The van der Waals surface area contributed by atoms with Gasteiger partial charge < -0.3 is 5.73 Å². The highest BCUT2D eigenvalue weighted by molar-refractivity contribution is 7.98. The van der Waals surface area contributed by atoms with Gasteiger partial charge in [0.1, 0.15) is 5.82 Å². The highest BCUT2D eigenvalue weighted by Gasteiger charge is 2.04. The van der Waals surface area contributed by atoms with Crippen molar-refractivity contribution >= 4 is 23.4 Å². The minimum absolute atomic E-state index is 0.243. The maximum Gasteiger partial charge on any atom is 0.142 e. The molecule has 0 atom stereocenters. The first-order chi connectivity index (χ1) is 6.75. The van der Waals surface area contributed by atoms with Gasteiger partial charge >= 0.3 is 0 Å². The molecule has 1 nitrogen and oxygen atoms in total. The number of thioether (sulfide) groups is 1. The van der Waals surface area contributed by atoms with Crippen molar-refractivity contribution in [3.63, 3.8) is 0 Å². The third kappa shape index (κ3) is 3.48. The number of benzene rings is 1. The van der Waals surface area contributed by atoms with Crippen molar-refractivity contribution in [1.82, 2.24) is 0 Å². The Morgan fingerprint density at radius 1 is 1.43 bits per heavy atom. The van der Waals surface area contributed by atoms with Crippen LogP contribution in [0.2, 0.25) is 5.02 Å². The molecule has 1 aromatic rings. The van der Waals surface area contributed by atoms with E-state index >= 15 is 0 Å². The summed E-state index contributed by atoms with van der Waals surface area (Å²) in [6.07, 6.45) is 0.984. The molecule has 0 bridgehead atoms. The fourth-order valence-corrected chi connectivity index (χ4v) is 2.28. The third-order valence-corrected chi connectivity index (χ3v) is 3.30. The van der Waals surface area contributed by atoms with E-state index in [1.807, 2.05) is 6.07 Å². The van der Waals surface area contributed by atoms with Crippen LogP contribution in [0, 0.1) is 5.82 Å². The first-order valence-corrected chi connectivity index (χ1v) is 5.99. The van der Waals surface area contributed by atoms with Gasteiger partial charge in [0.2, 0.25) is 0 Å². The lowest BCUT2D eigenvalue weighted by Gasteiger charge is -2.04. The average molecular weight is 234 g/mol. The van der Waals surface area contributed by atoms with Gasteiger partial charge in [-0.2, -0.15) is 11.8 Å². The van der Waals surface area contributed by atoms with Crippen LogP contribution in [0.1, 0.15) is 12.0 Å². The topological polar surface area (TPSA) is 26.0 Å². The Kier molecular flexibility index (Phi) is 5.30. The van der Waals surface area contributed by atoms with E-state index in [4.69, 9.17) is 17.3 Å². The van der Waals surface area contributed by atoms with Crippen LogP contribution in [0.3, 0.4) is 0 Å². The summed E-state index contributed by atoms with van der Waals surface area (Å²) in [4.78, 5) is 0. The summed E-state index contributed by atoms with van der Waals surface area (Å²) in [6, 6.07) is 4.90. The molecule has 0 amide bonds. The fourth-order valence-electron chi connectivity index (χ4n) is 1.03. The van der Waals surface area contributed by atoms with E-state index in [1.54, 1.807) is 17.8 Å². The van der Waals surface area contributed by atoms with Gasteiger partial charge in [-0.3, -0.25) is 0 Å². The Balaban J connectivity index is 2.46. The van der Waals surface area contributed by atoms with Crippen molar-refractivity contribution in [2.75, 3.05) is 12.3 Å². The zero-order valence-electron chi connectivity index (χ0n) is 7.80. The molecule has 0 aliphatic heterocycles. The minimum atomic E-state index is -0.344. The van der Waals surface area contributed by atoms with Crippen LogP contribution in [0.4, 0.5) is 4.39 Å². The zero-order chi connectivity index (χ0) is 10.4. The van der Waals surface area contributed by atoms with E-state index in [9.17, 15) is 4.39 Å². The average Bonchev–Trinajstić information content (AvgIpc) is 2.19. The number of rotatable bonds is 5. The van der Waals surface area contributed by atoms with Crippen LogP contribution in [-0.2, 0) is 5.75 Å². The van der Waals surface area contributed by atoms with E-state index in [1.165, 1.54) is 6.07 Å². The molecule has 0 fully saturated rings. The molecule has 4 heteroatoms. The van der Waals surface area contributed by atoms with Gasteiger partial charge in [0, 0.05) is 5.75 Å². The number of hydrogen-bond donors (Lipinski definition) is 1. The fraction of sp³-hybridized carbons (Fsp3) is 0.400. The summed E-state index contributed by atoms with van der Waals surface area (Å²) in [6.45, 7) is 0.698. The molecule has 0 aromatic heterocycles. The van der Waals surface area contributed by atoms with E-state index in [2.05, 4.69) is 0 Å². The second-order valence-electron chi connectivity index (χ2n) is 2.91. The lowest BCUT2D eigenvalue weighted by atomic mass is 10.2. The summed E-state index contributed by atoms with van der Waals surface area (Å²) in [5, 5.41) is 0.243. The second kappa shape index (κ2) is 6.27. The largest absolute Gasteiger partial charge is 0.330 e. The minimum Gasteiger partial charge on any atom is -0.330 e. The molecule has 1 rings (SSSR count). The molecular formula is C10H13ClFNS. The number of halogens is 2. The summed E-state index contributed by atoms with van der Waals surface area (Å²) in [5.74, 6) is 1.39. The Bertz CT molecular complexity index is 293. The standard InChI is InChI=1S/C10H13ClFNS/c11-10-8(3-1-4-9(10)12)7-14-6-2-5-13/h1,3-4H,2,5-7,13H2. The Hall–Kier alpha value is -0.250. The highest BCUT2D eigenvalue weighted by atomic mass is 35.5. The summed E-state index contributed by atoms with van der Waals surface area (Å²) in [7, 11) is 0. The molecule has 78 valence electrons. The van der Waals surface area contributed by atoms with Crippen molar-refractivity contribution in [3.8, 4) is 0 Å². The molecule has 0 saturated carbocycles. The van der Waals surface area contributed by atoms with Crippen molar-refractivity contribution in [3.05, 3.63) is 34.6 Å². The van der Waals surface area contributed by atoms with Crippen LogP contribution in [0.15, 0.2) is 18.2 Å². The molecule has 2 N–H and O–H groups in total. The molecule has 1 aromatic carbocycles. The van der Waals surface area contributed by atoms with Crippen LogP contribution < -0.4 is 5.73 Å². The lowest BCUT2D eigenvalue weighted by molar-refractivity contribution is 0.627. The highest BCUT2D eigenvalue weighted by Crippen LogP contribution is 2.23. The third-order valence-electron chi connectivity index (χ3n) is 1.78. The van der Waals surface area contributed by atoms with Crippen molar-refractivity contribution in [1.29, 1.82) is 0 Å². The van der Waals surface area contributed by atoms with E-state index in [0.29, 0.717) is 6.54 Å². The molecule has 0 aliphatic rings.